The Morgan fingerprint density at radius 2 is 1.94 bits per heavy atom. The summed E-state index contributed by atoms with van der Waals surface area (Å²) in [5, 5.41) is 0.463. The first-order valence-electron chi connectivity index (χ1n) is 4.84. The second-order valence-corrected chi connectivity index (χ2v) is 7.37. The molecule has 1 unspecified atom stereocenters. The highest BCUT2D eigenvalue weighted by molar-refractivity contribution is 9.10. The zero-order valence-electron chi connectivity index (χ0n) is 8.81. The van der Waals surface area contributed by atoms with Crippen LogP contribution in [0.5, 0.6) is 0 Å². The molecule has 5 heteroatoms. The molecule has 0 saturated carbocycles. The smallest absolute Gasteiger partial charge is 0.0943 e. The van der Waals surface area contributed by atoms with E-state index in [2.05, 4.69) is 44.8 Å². The molecule has 17 heavy (non-hydrogen) atoms. The van der Waals surface area contributed by atoms with Gasteiger partial charge in [0.05, 0.1) is 10.4 Å². The summed E-state index contributed by atoms with van der Waals surface area (Å²) in [7, 11) is 0. The van der Waals surface area contributed by atoms with Crippen molar-refractivity contribution in [3.63, 3.8) is 0 Å². The zero-order chi connectivity index (χ0) is 12.6. The minimum atomic E-state index is -0.213. The molecular formula is C12H8Br2Cl2S. The van der Waals surface area contributed by atoms with E-state index in [0.717, 1.165) is 19.4 Å². The fraction of sp³-hybridized carbons (Fsp3) is 0.167. The first-order chi connectivity index (χ1) is 8.00. The summed E-state index contributed by atoms with van der Waals surface area (Å²) in [5.74, 6) is 0. The standard InChI is InChI=1S/C12H8Br2Cl2S/c1-6-9(14)5-10(17-6)12(16)7-3-2-4-8(13)11(7)15/h2-5,12H,1H3. The molecule has 0 radical (unpaired) electrons. The largest absolute Gasteiger partial charge is 0.143 e. The molecule has 0 aliphatic heterocycles. The van der Waals surface area contributed by atoms with Crippen molar-refractivity contribution in [1.82, 2.24) is 0 Å². The van der Waals surface area contributed by atoms with E-state index in [4.69, 9.17) is 23.2 Å². The molecule has 0 saturated heterocycles. The topological polar surface area (TPSA) is 0 Å². The number of halogens is 4. The van der Waals surface area contributed by atoms with E-state index >= 15 is 0 Å². The number of aryl methyl sites for hydroxylation is 1. The van der Waals surface area contributed by atoms with Crippen molar-refractivity contribution in [1.29, 1.82) is 0 Å². The summed E-state index contributed by atoms with van der Waals surface area (Å²) in [6, 6.07) is 7.85. The van der Waals surface area contributed by atoms with Crippen molar-refractivity contribution >= 4 is 66.4 Å². The van der Waals surface area contributed by atoms with Crippen LogP contribution in [0.4, 0.5) is 0 Å². The molecule has 1 aromatic heterocycles. The SMILES string of the molecule is Cc1sc(C(Cl)c2cccc(Br)c2Cl)cc1Br. The highest BCUT2D eigenvalue weighted by Gasteiger charge is 2.18. The van der Waals surface area contributed by atoms with Gasteiger partial charge in [-0.3, -0.25) is 0 Å². The fourth-order valence-electron chi connectivity index (χ4n) is 1.48. The van der Waals surface area contributed by atoms with E-state index in [0.29, 0.717) is 5.02 Å². The highest BCUT2D eigenvalue weighted by Crippen LogP contribution is 2.41. The molecular weight excluding hydrogens is 407 g/mol. The molecule has 0 aliphatic rings. The molecule has 0 amide bonds. The Morgan fingerprint density at radius 1 is 1.24 bits per heavy atom. The Kier molecular flexibility index (Phi) is 4.59. The summed E-state index contributed by atoms with van der Waals surface area (Å²) in [5.41, 5.74) is 0.927. The zero-order valence-corrected chi connectivity index (χ0v) is 14.3. The van der Waals surface area contributed by atoms with Gasteiger partial charge < -0.3 is 0 Å². The Morgan fingerprint density at radius 3 is 2.53 bits per heavy atom. The predicted molar refractivity (Wildman–Crippen MR) is 83.6 cm³/mol. The molecule has 2 aromatic rings. The van der Waals surface area contributed by atoms with Crippen LogP contribution in [0.25, 0.3) is 0 Å². The predicted octanol–water partition coefficient (Wildman–Crippen LogP) is 6.56. The normalized spacial score (nSPS) is 12.8. The first-order valence-corrected chi connectivity index (χ1v) is 8.06. The van der Waals surface area contributed by atoms with Crippen LogP contribution in [0.3, 0.4) is 0 Å². The average molecular weight is 415 g/mol. The molecule has 2 rings (SSSR count). The van der Waals surface area contributed by atoms with Crippen LogP contribution in [0.2, 0.25) is 5.02 Å². The number of benzene rings is 1. The third kappa shape index (κ3) is 2.90. The van der Waals surface area contributed by atoms with Crippen molar-refractivity contribution in [2.24, 2.45) is 0 Å². The van der Waals surface area contributed by atoms with Gasteiger partial charge in [0.25, 0.3) is 0 Å². The van der Waals surface area contributed by atoms with Gasteiger partial charge in [0.15, 0.2) is 0 Å². The Labute approximate surface area is 131 Å². The lowest BCUT2D eigenvalue weighted by atomic mass is 10.1. The molecule has 1 atom stereocenters. The van der Waals surface area contributed by atoms with Gasteiger partial charge in [-0.1, -0.05) is 23.7 Å². The van der Waals surface area contributed by atoms with Crippen molar-refractivity contribution in [2.45, 2.75) is 12.3 Å². The van der Waals surface area contributed by atoms with Crippen LogP contribution in [0.15, 0.2) is 33.2 Å². The third-order valence-electron chi connectivity index (χ3n) is 2.38. The number of hydrogen-bond donors (Lipinski definition) is 0. The molecule has 0 nitrogen and oxygen atoms in total. The Hall–Kier alpha value is 0.460. The quantitative estimate of drug-likeness (QED) is 0.488. The van der Waals surface area contributed by atoms with Gasteiger partial charge in [-0.15, -0.1) is 22.9 Å². The molecule has 0 bridgehead atoms. The van der Waals surface area contributed by atoms with E-state index in [1.165, 1.54) is 4.88 Å². The second-order valence-electron chi connectivity index (χ2n) is 3.56. The van der Waals surface area contributed by atoms with Crippen molar-refractivity contribution < 1.29 is 0 Å². The average Bonchev–Trinajstić information content (AvgIpc) is 2.62. The van der Waals surface area contributed by atoms with E-state index < -0.39 is 0 Å². The van der Waals surface area contributed by atoms with E-state index in [1.54, 1.807) is 11.3 Å². The van der Waals surface area contributed by atoms with Gasteiger partial charge in [-0.2, -0.15) is 0 Å². The number of alkyl halides is 1. The number of rotatable bonds is 2. The van der Waals surface area contributed by atoms with Crippen LogP contribution in [0.1, 0.15) is 20.7 Å². The fourth-order valence-corrected chi connectivity index (χ4v) is 4.08. The monoisotopic (exact) mass is 412 g/mol. The summed E-state index contributed by atoms with van der Waals surface area (Å²) in [6.45, 7) is 2.06. The van der Waals surface area contributed by atoms with Gasteiger partial charge in [0.1, 0.15) is 0 Å². The van der Waals surface area contributed by atoms with Gasteiger partial charge in [0, 0.05) is 18.7 Å². The molecule has 1 heterocycles. The number of thiophene rings is 1. The lowest BCUT2D eigenvalue weighted by molar-refractivity contribution is 1.18. The van der Waals surface area contributed by atoms with Gasteiger partial charge in [-0.25, -0.2) is 0 Å². The summed E-state index contributed by atoms with van der Waals surface area (Å²) in [4.78, 5) is 2.31. The Balaban J connectivity index is 2.43. The number of hydrogen-bond acceptors (Lipinski definition) is 1. The van der Waals surface area contributed by atoms with Crippen LogP contribution in [-0.2, 0) is 0 Å². The molecule has 0 aliphatic carbocycles. The van der Waals surface area contributed by atoms with Crippen molar-refractivity contribution in [3.8, 4) is 0 Å². The lowest BCUT2D eigenvalue weighted by Gasteiger charge is -2.10. The summed E-state index contributed by atoms with van der Waals surface area (Å²) >= 11 is 21.3. The van der Waals surface area contributed by atoms with Crippen LogP contribution in [-0.4, -0.2) is 0 Å². The van der Waals surface area contributed by atoms with Gasteiger partial charge in [-0.05, 0) is 56.5 Å². The lowest BCUT2D eigenvalue weighted by Crippen LogP contribution is -1.91. The minimum absolute atomic E-state index is 0.213. The molecule has 0 fully saturated rings. The second kappa shape index (κ2) is 5.62. The van der Waals surface area contributed by atoms with Crippen LogP contribution in [0, 0.1) is 6.92 Å². The van der Waals surface area contributed by atoms with Crippen LogP contribution < -0.4 is 0 Å². The Bertz CT molecular complexity index is 532. The van der Waals surface area contributed by atoms with E-state index in [9.17, 15) is 0 Å². The molecule has 0 spiro atoms. The molecule has 90 valence electrons. The minimum Gasteiger partial charge on any atom is -0.143 e. The van der Waals surface area contributed by atoms with E-state index in [-0.39, 0.29) is 5.38 Å². The summed E-state index contributed by atoms with van der Waals surface area (Å²) < 4.78 is 1.96. The third-order valence-corrected chi connectivity index (χ3v) is 6.49. The van der Waals surface area contributed by atoms with Gasteiger partial charge >= 0.3 is 0 Å². The summed E-state index contributed by atoms with van der Waals surface area (Å²) in [6.07, 6.45) is 0. The van der Waals surface area contributed by atoms with Crippen LogP contribution >= 0.6 is 66.4 Å². The first kappa shape index (κ1) is 13.9. The maximum Gasteiger partial charge on any atom is 0.0943 e. The molecule has 0 N–H and O–H groups in total. The van der Waals surface area contributed by atoms with Crippen molar-refractivity contribution in [3.05, 3.63) is 53.6 Å². The highest BCUT2D eigenvalue weighted by atomic mass is 79.9. The maximum absolute atomic E-state index is 6.48. The molecule has 1 aromatic carbocycles. The van der Waals surface area contributed by atoms with Gasteiger partial charge in [0.2, 0.25) is 0 Å². The van der Waals surface area contributed by atoms with E-state index in [1.807, 2.05) is 18.2 Å². The maximum atomic E-state index is 6.48. The van der Waals surface area contributed by atoms with Crippen molar-refractivity contribution in [2.75, 3.05) is 0 Å².